The van der Waals surface area contributed by atoms with Gasteiger partial charge in [0.05, 0.1) is 6.54 Å². The number of fused-ring (bicyclic) bond motifs is 1. The van der Waals surface area contributed by atoms with Gasteiger partial charge >= 0.3 is 0 Å². The third-order valence-electron chi connectivity index (χ3n) is 3.85. The van der Waals surface area contributed by atoms with Gasteiger partial charge in [0.25, 0.3) is 0 Å². The molecule has 120 valence electrons. The number of carbonyl (C=O) groups is 1. The Labute approximate surface area is 133 Å². The molecule has 0 atom stereocenters. The lowest BCUT2D eigenvalue weighted by atomic mass is 10.0. The number of guanidine groups is 1. The van der Waals surface area contributed by atoms with Gasteiger partial charge in [-0.3, -0.25) is 9.79 Å². The molecular weight excluding hydrogens is 276 g/mol. The third kappa shape index (κ3) is 4.23. The standard InChI is InChI=1S/C17H26N4O/c1-4-18-17(19-11-9-16(22)20(2)3)21-12-10-14-7-5-6-8-15(14)13-21/h5-8H,4,9-13H2,1-3H3,(H,18,19). The number of nitrogens with one attached hydrogen (secondary N) is 1. The number of amides is 1. The van der Waals surface area contributed by atoms with E-state index in [1.165, 1.54) is 11.1 Å². The Morgan fingerprint density at radius 3 is 2.73 bits per heavy atom. The molecule has 22 heavy (non-hydrogen) atoms. The maximum absolute atomic E-state index is 11.6. The van der Waals surface area contributed by atoms with E-state index in [1.807, 2.05) is 0 Å². The highest BCUT2D eigenvalue weighted by Crippen LogP contribution is 2.18. The molecule has 1 heterocycles. The maximum Gasteiger partial charge on any atom is 0.223 e. The van der Waals surface area contributed by atoms with E-state index in [2.05, 4.69) is 46.4 Å². The molecular formula is C17H26N4O. The van der Waals surface area contributed by atoms with Crippen molar-refractivity contribution in [3.8, 4) is 0 Å². The first kappa shape index (κ1) is 16.3. The second kappa shape index (κ2) is 7.82. The molecule has 0 unspecified atom stereocenters. The Morgan fingerprint density at radius 1 is 1.32 bits per heavy atom. The van der Waals surface area contributed by atoms with E-state index in [0.29, 0.717) is 13.0 Å². The fourth-order valence-corrected chi connectivity index (χ4v) is 2.58. The lowest BCUT2D eigenvalue weighted by molar-refractivity contribution is -0.128. The van der Waals surface area contributed by atoms with Crippen LogP contribution in [0.4, 0.5) is 0 Å². The van der Waals surface area contributed by atoms with Crippen LogP contribution in [0.5, 0.6) is 0 Å². The molecule has 1 aliphatic heterocycles. The van der Waals surface area contributed by atoms with Crippen molar-refractivity contribution in [1.82, 2.24) is 15.1 Å². The molecule has 1 aliphatic rings. The highest BCUT2D eigenvalue weighted by atomic mass is 16.2. The van der Waals surface area contributed by atoms with Gasteiger partial charge in [-0.2, -0.15) is 0 Å². The molecule has 0 radical (unpaired) electrons. The van der Waals surface area contributed by atoms with E-state index in [0.717, 1.165) is 32.0 Å². The Balaban J connectivity index is 2.01. The monoisotopic (exact) mass is 302 g/mol. The van der Waals surface area contributed by atoms with Crippen molar-refractivity contribution in [2.24, 2.45) is 4.99 Å². The van der Waals surface area contributed by atoms with Gasteiger partial charge in [0.2, 0.25) is 5.91 Å². The van der Waals surface area contributed by atoms with Crippen molar-refractivity contribution in [2.75, 3.05) is 33.7 Å². The fraction of sp³-hybridized carbons (Fsp3) is 0.529. The van der Waals surface area contributed by atoms with Crippen molar-refractivity contribution in [3.05, 3.63) is 35.4 Å². The Morgan fingerprint density at radius 2 is 2.05 bits per heavy atom. The summed E-state index contributed by atoms with van der Waals surface area (Å²) in [4.78, 5) is 20.1. The zero-order valence-corrected chi connectivity index (χ0v) is 13.8. The summed E-state index contributed by atoms with van der Waals surface area (Å²) in [6.45, 7) is 5.27. The summed E-state index contributed by atoms with van der Waals surface area (Å²) in [6, 6.07) is 8.57. The zero-order chi connectivity index (χ0) is 15.9. The van der Waals surface area contributed by atoms with E-state index >= 15 is 0 Å². The smallest absolute Gasteiger partial charge is 0.223 e. The van der Waals surface area contributed by atoms with Gasteiger partial charge in [-0.15, -0.1) is 0 Å². The topological polar surface area (TPSA) is 47.9 Å². The van der Waals surface area contributed by atoms with Crippen LogP contribution in [0.2, 0.25) is 0 Å². The molecule has 0 saturated heterocycles. The molecule has 1 aromatic rings. The highest BCUT2D eigenvalue weighted by Gasteiger charge is 2.18. The number of aliphatic imine (C=N–C) groups is 1. The Bertz CT molecular complexity index is 539. The minimum absolute atomic E-state index is 0.114. The number of carbonyl (C=O) groups excluding carboxylic acids is 1. The van der Waals surface area contributed by atoms with Crippen molar-refractivity contribution in [1.29, 1.82) is 0 Å². The minimum Gasteiger partial charge on any atom is -0.357 e. The molecule has 0 saturated carbocycles. The molecule has 1 N–H and O–H groups in total. The minimum atomic E-state index is 0.114. The summed E-state index contributed by atoms with van der Waals surface area (Å²) >= 11 is 0. The summed E-state index contributed by atoms with van der Waals surface area (Å²) in [5, 5.41) is 3.34. The van der Waals surface area contributed by atoms with Crippen LogP contribution in [-0.2, 0) is 17.8 Å². The van der Waals surface area contributed by atoms with Gasteiger partial charge in [0, 0.05) is 40.2 Å². The summed E-state index contributed by atoms with van der Waals surface area (Å²) < 4.78 is 0. The Kier molecular flexibility index (Phi) is 5.81. The van der Waals surface area contributed by atoms with Crippen molar-refractivity contribution < 1.29 is 4.79 Å². The normalized spacial score (nSPS) is 14.5. The van der Waals surface area contributed by atoms with Crippen LogP contribution >= 0.6 is 0 Å². The summed E-state index contributed by atoms with van der Waals surface area (Å²) in [5.41, 5.74) is 2.79. The predicted octanol–water partition coefficient (Wildman–Crippen LogP) is 1.49. The molecule has 0 aliphatic carbocycles. The number of rotatable bonds is 4. The second-order valence-electron chi connectivity index (χ2n) is 5.71. The van der Waals surface area contributed by atoms with Crippen LogP contribution < -0.4 is 5.32 Å². The molecule has 5 nitrogen and oxygen atoms in total. The largest absolute Gasteiger partial charge is 0.357 e. The van der Waals surface area contributed by atoms with Gasteiger partial charge in [0.1, 0.15) is 0 Å². The van der Waals surface area contributed by atoms with Crippen molar-refractivity contribution in [3.63, 3.8) is 0 Å². The van der Waals surface area contributed by atoms with E-state index in [9.17, 15) is 4.79 Å². The van der Waals surface area contributed by atoms with Crippen LogP contribution in [0.1, 0.15) is 24.5 Å². The molecule has 0 fully saturated rings. The molecule has 5 heteroatoms. The lowest BCUT2D eigenvalue weighted by Gasteiger charge is -2.31. The van der Waals surface area contributed by atoms with Gasteiger partial charge < -0.3 is 15.1 Å². The predicted molar refractivity (Wildman–Crippen MR) is 89.8 cm³/mol. The van der Waals surface area contributed by atoms with Gasteiger partial charge in [-0.1, -0.05) is 24.3 Å². The lowest BCUT2D eigenvalue weighted by Crippen LogP contribution is -2.44. The van der Waals surface area contributed by atoms with Crippen molar-refractivity contribution in [2.45, 2.75) is 26.3 Å². The van der Waals surface area contributed by atoms with E-state index in [4.69, 9.17) is 0 Å². The van der Waals surface area contributed by atoms with Crippen molar-refractivity contribution >= 4 is 11.9 Å². The third-order valence-corrected chi connectivity index (χ3v) is 3.85. The average Bonchev–Trinajstić information content (AvgIpc) is 2.53. The first-order chi connectivity index (χ1) is 10.6. The van der Waals surface area contributed by atoms with Crippen LogP contribution in [0, 0.1) is 0 Å². The summed E-state index contributed by atoms with van der Waals surface area (Å²) in [6.07, 6.45) is 1.49. The van der Waals surface area contributed by atoms with Gasteiger partial charge in [-0.25, -0.2) is 0 Å². The van der Waals surface area contributed by atoms with Crippen LogP contribution in [0.3, 0.4) is 0 Å². The first-order valence-electron chi connectivity index (χ1n) is 7.92. The fourth-order valence-electron chi connectivity index (χ4n) is 2.58. The summed E-state index contributed by atoms with van der Waals surface area (Å²) in [5.74, 6) is 1.02. The quantitative estimate of drug-likeness (QED) is 0.677. The van der Waals surface area contributed by atoms with Gasteiger partial charge in [-0.05, 0) is 24.5 Å². The molecule has 0 aromatic heterocycles. The zero-order valence-electron chi connectivity index (χ0n) is 13.8. The van der Waals surface area contributed by atoms with Crippen LogP contribution in [0.15, 0.2) is 29.3 Å². The molecule has 0 spiro atoms. The van der Waals surface area contributed by atoms with E-state index in [-0.39, 0.29) is 5.91 Å². The molecule has 1 aromatic carbocycles. The first-order valence-corrected chi connectivity index (χ1v) is 7.92. The number of benzene rings is 1. The SMILES string of the molecule is CCNC(=NCCC(=O)N(C)C)N1CCc2ccccc2C1. The average molecular weight is 302 g/mol. The molecule has 2 rings (SSSR count). The second-order valence-corrected chi connectivity index (χ2v) is 5.71. The maximum atomic E-state index is 11.6. The van der Waals surface area contributed by atoms with E-state index < -0.39 is 0 Å². The van der Waals surface area contributed by atoms with Crippen LogP contribution in [0.25, 0.3) is 0 Å². The van der Waals surface area contributed by atoms with Gasteiger partial charge in [0.15, 0.2) is 5.96 Å². The Hall–Kier alpha value is -2.04. The number of hydrogen-bond donors (Lipinski definition) is 1. The molecule has 0 bridgehead atoms. The summed E-state index contributed by atoms with van der Waals surface area (Å²) in [7, 11) is 3.55. The molecule has 1 amide bonds. The van der Waals surface area contributed by atoms with Crippen LogP contribution in [-0.4, -0.2) is 55.4 Å². The van der Waals surface area contributed by atoms with E-state index in [1.54, 1.807) is 19.0 Å². The number of nitrogens with zero attached hydrogens (tertiary/aromatic N) is 3. The number of hydrogen-bond acceptors (Lipinski definition) is 2. The highest BCUT2D eigenvalue weighted by molar-refractivity contribution is 5.81.